The standard InChI is InChI=1S/C16H22ClNO2S/c17-14-7-1-2-8-15(14)21-12-9-16(20)18(10-4-11-19)13-5-3-6-13/h1-2,7-8,13,19H,3-6,9-12H2. The molecular weight excluding hydrogens is 306 g/mol. The molecule has 0 saturated heterocycles. The number of rotatable bonds is 8. The maximum atomic E-state index is 12.4. The van der Waals surface area contributed by atoms with Crippen molar-refractivity contribution in [2.75, 3.05) is 18.9 Å². The highest BCUT2D eigenvalue weighted by Crippen LogP contribution is 2.28. The molecule has 0 aromatic heterocycles. The third kappa shape index (κ3) is 4.90. The van der Waals surface area contributed by atoms with Gasteiger partial charge >= 0.3 is 0 Å². The van der Waals surface area contributed by atoms with Crippen LogP contribution < -0.4 is 0 Å². The van der Waals surface area contributed by atoms with Crippen LogP contribution in [0.4, 0.5) is 0 Å². The van der Waals surface area contributed by atoms with Gasteiger partial charge in [0.25, 0.3) is 0 Å². The summed E-state index contributed by atoms with van der Waals surface area (Å²) in [6.45, 7) is 0.821. The second-order valence-corrected chi connectivity index (χ2v) is 6.82. The van der Waals surface area contributed by atoms with Gasteiger partial charge in [0, 0.05) is 36.3 Å². The van der Waals surface area contributed by atoms with Crippen molar-refractivity contribution in [2.45, 2.75) is 43.0 Å². The average molecular weight is 328 g/mol. The summed E-state index contributed by atoms with van der Waals surface area (Å²) in [5.74, 6) is 0.943. The Balaban J connectivity index is 1.80. The molecule has 2 rings (SSSR count). The molecule has 116 valence electrons. The van der Waals surface area contributed by atoms with E-state index in [0.29, 0.717) is 25.4 Å². The molecule has 1 aliphatic carbocycles. The highest BCUT2D eigenvalue weighted by molar-refractivity contribution is 7.99. The second-order valence-electron chi connectivity index (χ2n) is 5.28. The van der Waals surface area contributed by atoms with E-state index < -0.39 is 0 Å². The summed E-state index contributed by atoms with van der Waals surface area (Å²) >= 11 is 7.73. The van der Waals surface area contributed by atoms with Crippen LogP contribution in [0.3, 0.4) is 0 Å². The number of aliphatic hydroxyl groups is 1. The summed E-state index contributed by atoms with van der Waals surface area (Å²) in [6, 6.07) is 8.11. The van der Waals surface area contributed by atoms with E-state index in [2.05, 4.69) is 0 Å². The number of carbonyl (C=O) groups excluding carboxylic acids is 1. The number of thioether (sulfide) groups is 1. The van der Waals surface area contributed by atoms with Gasteiger partial charge in [0.1, 0.15) is 0 Å². The van der Waals surface area contributed by atoms with Gasteiger partial charge in [-0.15, -0.1) is 11.8 Å². The molecule has 0 radical (unpaired) electrons. The lowest BCUT2D eigenvalue weighted by Crippen LogP contribution is -2.45. The number of nitrogens with zero attached hydrogens (tertiary/aromatic N) is 1. The lowest BCUT2D eigenvalue weighted by molar-refractivity contribution is -0.134. The minimum Gasteiger partial charge on any atom is -0.396 e. The zero-order valence-corrected chi connectivity index (χ0v) is 13.7. The van der Waals surface area contributed by atoms with Crippen LogP contribution in [0.5, 0.6) is 0 Å². The Morgan fingerprint density at radius 3 is 2.76 bits per heavy atom. The molecule has 3 nitrogen and oxygen atoms in total. The van der Waals surface area contributed by atoms with E-state index in [1.807, 2.05) is 29.2 Å². The Hall–Kier alpha value is -0.710. The number of benzene rings is 1. The van der Waals surface area contributed by atoms with Crippen LogP contribution in [-0.2, 0) is 4.79 Å². The van der Waals surface area contributed by atoms with Crippen LogP contribution in [0.25, 0.3) is 0 Å². The summed E-state index contributed by atoms with van der Waals surface area (Å²) in [5.41, 5.74) is 0. The van der Waals surface area contributed by atoms with E-state index in [0.717, 1.165) is 28.5 Å². The summed E-state index contributed by atoms with van der Waals surface area (Å²) < 4.78 is 0. The Bertz CT molecular complexity index is 465. The first kappa shape index (κ1) is 16.7. The minimum atomic E-state index is 0.144. The summed E-state index contributed by atoms with van der Waals surface area (Å²) in [7, 11) is 0. The molecule has 1 fully saturated rings. The predicted octanol–water partition coefficient (Wildman–Crippen LogP) is 3.59. The molecule has 1 saturated carbocycles. The summed E-state index contributed by atoms with van der Waals surface area (Å²) in [4.78, 5) is 15.3. The molecule has 0 aliphatic heterocycles. The van der Waals surface area contributed by atoms with Crippen molar-refractivity contribution >= 4 is 29.3 Å². The van der Waals surface area contributed by atoms with E-state index in [1.54, 1.807) is 11.8 Å². The van der Waals surface area contributed by atoms with Crippen LogP contribution in [0, 0.1) is 0 Å². The zero-order valence-electron chi connectivity index (χ0n) is 12.1. The van der Waals surface area contributed by atoms with Gasteiger partial charge in [-0.05, 0) is 37.8 Å². The predicted molar refractivity (Wildman–Crippen MR) is 87.8 cm³/mol. The quantitative estimate of drug-likeness (QED) is 0.742. The largest absolute Gasteiger partial charge is 0.396 e. The fraction of sp³-hybridized carbons (Fsp3) is 0.562. The van der Waals surface area contributed by atoms with Gasteiger partial charge in [0.15, 0.2) is 0 Å². The molecule has 0 unspecified atom stereocenters. The Morgan fingerprint density at radius 1 is 1.38 bits per heavy atom. The van der Waals surface area contributed by atoms with Gasteiger partial charge in [-0.3, -0.25) is 4.79 Å². The fourth-order valence-corrected chi connectivity index (χ4v) is 3.58. The lowest BCUT2D eigenvalue weighted by atomic mass is 9.91. The number of amides is 1. The van der Waals surface area contributed by atoms with Crippen molar-refractivity contribution in [2.24, 2.45) is 0 Å². The lowest BCUT2D eigenvalue weighted by Gasteiger charge is -2.37. The van der Waals surface area contributed by atoms with Crippen molar-refractivity contribution < 1.29 is 9.90 Å². The number of halogens is 1. The van der Waals surface area contributed by atoms with Gasteiger partial charge in [-0.25, -0.2) is 0 Å². The molecule has 0 atom stereocenters. The van der Waals surface area contributed by atoms with Crippen molar-refractivity contribution in [3.63, 3.8) is 0 Å². The topological polar surface area (TPSA) is 40.5 Å². The molecule has 5 heteroatoms. The zero-order chi connectivity index (χ0) is 15.1. The highest BCUT2D eigenvalue weighted by Gasteiger charge is 2.27. The van der Waals surface area contributed by atoms with E-state index in [4.69, 9.17) is 16.7 Å². The Labute approximate surface area is 135 Å². The third-order valence-corrected chi connectivity index (χ3v) is 5.32. The first-order valence-electron chi connectivity index (χ1n) is 7.50. The monoisotopic (exact) mass is 327 g/mol. The molecule has 1 aromatic carbocycles. The van der Waals surface area contributed by atoms with Crippen LogP contribution in [0.1, 0.15) is 32.1 Å². The van der Waals surface area contributed by atoms with Crippen LogP contribution >= 0.6 is 23.4 Å². The molecule has 0 heterocycles. The first-order chi connectivity index (χ1) is 10.2. The Morgan fingerprint density at radius 2 is 2.14 bits per heavy atom. The SMILES string of the molecule is O=C(CCSc1ccccc1Cl)N(CCCO)C1CCC1. The maximum Gasteiger partial charge on any atom is 0.223 e. The van der Waals surface area contributed by atoms with Gasteiger partial charge < -0.3 is 10.0 Å². The molecule has 1 aromatic rings. The van der Waals surface area contributed by atoms with Crippen molar-refractivity contribution in [1.29, 1.82) is 0 Å². The first-order valence-corrected chi connectivity index (χ1v) is 8.86. The molecule has 0 bridgehead atoms. The van der Waals surface area contributed by atoms with Gasteiger partial charge in [0.2, 0.25) is 5.91 Å². The normalized spacial score (nSPS) is 14.8. The van der Waals surface area contributed by atoms with Crippen molar-refractivity contribution in [1.82, 2.24) is 4.90 Å². The molecular formula is C16H22ClNO2S. The smallest absolute Gasteiger partial charge is 0.223 e. The van der Waals surface area contributed by atoms with Crippen molar-refractivity contribution in [3.8, 4) is 0 Å². The number of aliphatic hydroxyl groups excluding tert-OH is 1. The van der Waals surface area contributed by atoms with Gasteiger partial charge in [-0.2, -0.15) is 0 Å². The molecule has 0 spiro atoms. The van der Waals surface area contributed by atoms with Crippen molar-refractivity contribution in [3.05, 3.63) is 29.3 Å². The average Bonchev–Trinajstić information content (AvgIpc) is 2.43. The van der Waals surface area contributed by atoms with E-state index in [1.165, 1.54) is 6.42 Å². The van der Waals surface area contributed by atoms with Gasteiger partial charge in [0.05, 0.1) is 5.02 Å². The van der Waals surface area contributed by atoms with Crippen LogP contribution in [-0.4, -0.2) is 40.9 Å². The molecule has 1 amide bonds. The highest BCUT2D eigenvalue weighted by atomic mass is 35.5. The van der Waals surface area contributed by atoms with E-state index in [-0.39, 0.29) is 12.5 Å². The molecule has 1 aliphatic rings. The van der Waals surface area contributed by atoms with Crippen LogP contribution in [0.15, 0.2) is 29.2 Å². The number of hydrogen-bond acceptors (Lipinski definition) is 3. The summed E-state index contributed by atoms with van der Waals surface area (Å²) in [6.07, 6.45) is 4.61. The van der Waals surface area contributed by atoms with Gasteiger partial charge in [-0.1, -0.05) is 23.7 Å². The minimum absolute atomic E-state index is 0.144. The fourth-order valence-electron chi connectivity index (χ4n) is 2.40. The number of hydrogen-bond donors (Lipinski definition) is 1. The van der Waals surface area contributed by atoms with E-state index >= 15 is 0 Å². The number of carbonyl (C=O) groups is 1. The second kappa shape index (κ2) is 8.66. The molecule has 1 N–H and O–H groups in total. The summed E-state index contributed by atoms with van der Waals surface area (Å²) in [5, 5.41) is 9.71. The maximum absolute atomic E-state index is 12.4. The van der Waals surface area contributed by atoms with Crippen LogP contribution in [0.2, 0.25) is 5.02 Å². The third-order valence-electron chi connectivity index (χ3n) is 3.80. The molecule has 21 heavy (non-hydrogen) atoms. The van der Waals surface area contributed by atoms with E-state index in [9.17, 15) is 4.79 Å². The Kier molecular flexibility index (Phi) is 6.87.